The van der Waals surface area contributed by atoms with Gasteiger partial charge in [0.25, 0.3) is 5.91 Å². The highest BCUT2D eigenvalue weighted by atomic mass is 16.1. The maximum absolute atomic E-state index is 13.0. The Bertz CT molecular complexity index is 1000. The largest absolute Gasteiger partial charge is 0.369 e. The van der Waals surface area contributed by atoms with Crippen molar-refractivity contribution in [2.24, 2.45) is 0 Å². The van der Waals surface area contributed by atoms with Crippen LogP contribution in [0.2, 0.25) is 0 Å². The first-order chi connectivity index (χ1) is 14.7. The van der Waals surface area contributed by atoms with Gasteiger partial charge in [-0.15, -0.1) is 0 Å². The quantitative estimate of drug-likeness (QED) is 0.640. The summed E-state index contributed by atoms with van der Waals surface area (Å²) in [5.41, 5.74) is 3.00. The molecule has 1 aliphatic heterocycles. The van der Waals surface area contributed by atoms with E-state index in [-0.39, 0.29) is 11.9 Å². The Morgan fingerprint density at radius 2 is 1.70 bits per heavy atom. The Labute approximate surface area is 179 Å². The van der Waals surface area contributed by atoms with Gasteiger partial charge in [0, 0.05) is 37.4 Å². The number of nitrogens with one attached hydrogen (secondary N) is 1. The fourth-order valence-electron chi connectivity index (χ4n) is 4.38. The number of nitrogens with zero attached hydrogens (tertiary/aromatic N) is 2. The minimum Gasteiger partial charge on any atom is -0.369 e. The topological polar surface area (TPSA) is 35.6 Å². The molecule has 3 aromatic carbocycles. The zero-order valence-corrected chi connectivity index (χ0v) is 18.0. The van der Waals surface area contributed by atoms with Crippen LogP contribution in [0, 0.1) is 0 Å². The lowest BCUT2D eigenvalue weighted by atomic mass is 9.99. The Balaban J connectivity index is 1.46. The SMILES string of the molecule is CCCN1CCN(c2cccc(C(=O)NC(C)c3cccc4ccccc34)c2)CC1. The van der Waals surface area contributed by atoms with Crippen molar-refractivity contribution in [1.82, 2.24) is 10.2 Å². The van der Waals surface area contributed by atoms with Crippen LogP contribution in [-0.4, -0.2) is 43.5 Å². The van der Waals surface area contributed by atoms with Crippen molar-refractivity contribution in [3.05, 3.63) is 77.9 Å². The average molecular weight is 402 g/mol. The Morgan fingerprint density at radius 3 is 2.50 bits per heavy atom. The van der Waals surface area contributed by atoms with Crippen LogP contribution in [0.4, 0.5) is 5.69 Å². The smallest absolute Gasteiger partial charge is 0.251 e. The molecule has 1 amide bonds. The number of carbonyl (C=O) groups is 1. The number of benzene rings is 3. The van der Waals surface area contributed by atoms with E-state index in [1.807, 2.05) is 30.3 Å². The van der Waals surface area contributed by atoms with Crippen LogP contribution < -0.4 is 10.2 Å². The highest BCUT2D eigenvalue weighted by molar-refractivity contribution is 5.96. The number of hydrogen-bond acceptors (Lipinski definition) is 3. The molecule has 1 atom stereocenters. The maximum Gasteiger partial charge on any atom is 0.251 e. The third-order valence-corrected chi connectivity index (χ3v) is 6.02. The van der Waals surface area contributed by atoms with Crippen LogP contribution in [0.1, 0.15) is 42.2 Å². The van der Waals surface area contributed by atoms with Gasteiger partial charge < -0.3 is 10.2 Å². The molecule has 4 rings (SSSR count). The lowest BCUT2D eigenvalue weighted by molar-refractivity contribution is 0.0940. The van der Waals surface area contributed by atoms with E-state index in [1.54, 1.807) is 0 Å². The minimum atomic E-state index is -0.0650. The summed E-state index contributed by atoms with van der Waals surface area (Å²) in [6.45, 7) is 9.65. The second-order valence-corrected chi connectivity index (χ2v) is 8.14. The summed E-state index contributed by atoms with van der Waals surface area (Å²) in [6.07, 6.45) is 1.20. The highest BCUT2D eigenvalue weighted by Crippen LogP contribution is 2.25. The monoisotopic (exact) mass is 401 g/mol. The summed E-state index contributed by atoms with van der Waals surface area (Å²) in [5.74, 6) is -0.0260. The van der Waals surface area contributed by atoms with E-state index in [0.717, 1.165) is 43.0 Å². The fraction of sp³-hybridized carbons (Fsp3) is 0.346. The number of hydrogen-bond donors (Lipinski definition) is 1. The van der Waals surface area contributed by atoms with Crippen LogP contribution in [0.25, 0.3) is 10.8 Å². The number of amides is 1. The first-order valence-electron chi connectivity index (χ1n) is 11.0. The van der Waals surface area contributed by atoms with Gasteiger partial charge in [-0.3, -0.25) is 9.69 Å². The molecule has 0 aromatic heterocycles. The van der Waals surface area contributed by atoms with Gasteiger partial charge >= 0.3 is 0 Å². The molecule has 1 aliphatic rings. The number of piperazine rings is 1. The van der Waals surface area contributed by atoms with E-state index >= 15 is 0 Å². The van der Waals surface area contributed by atoms with Gasteiger partial charge in [-0.1, -0.05) is 55.5 Å². The van der Waals surface area contributed by atoms with E-state index in [4.69, 9.17) is 0 Å². The second kappa shape index (κ2) is 9.31. The molecule has 1 fully saturated rings. The molecule has 30 heavy (non-hydrogen) atoms. The second-order valence-electron chi connectivity index (χ2n) is 8.14. The molecule has 0 saturated carbocycles. The Kier molecular flexibility index (Phi) is 6.34. The third-order valence-electron chi connectivity index (χ3n) is 6.02. The molecule has 4 heteroatoms. The van der Waals surface area contributed by atoms with Crippen LogP contribution in [-0.2, 0) is 0 Å². The summed E-state index contributed by atoms with van der Waals surface area (Å²) in [5, 5.41) is 5.57. The summed E-state index contributed by atoms with van der Waals surface area (Å²) < 4.78 is 0. The lowest BCUT2D eigenvalue weighted by Crippen LogP contribution is -2.46. The van der Waals surface area contributed by atoms with Gasteiger partial charge in [-0.25, -0.2) is 0 Å². The fourth-order valence-corrected chi connectivity index (χ4v) is 4.38. The number of carbonyl (C=O) groups excluding carboxylic acids is 1. The zero-order valence-electron chi connectivity index (χ0n) is 18.0. The van der Waals surface area contributed by atoms with Gasteiger partial charge in [-0.05, 0) is 54.4 Å². The van der Waals surface area contributed by atoms with E-state index in [0.29, 0.717) is 0 Å². The predicted octanol–water partition coefficient (Wildman–Crippen LogP) is 4.86. The standard InChI is InChI=1S/C26H31N3O/c1-3-14-28-15-17-29(18-16-28)23-11-6-10-22(19-23)26(30)27-20(2)24-13-7-9-21-8-4-5-12-25(21)24/h4-13,19-20H,3,14-18H2,1-2H3,(H,27,30). The molecule has 3 aromatic rings. The first kappa shape index (κ1) is 20.4. The van der Waals surface area contributed by atoms with Gasteiger partial charge in [-0.2, -0.15) is 0 Å². The van der Waals surface area contributed by atoms with E-state index in [1.165, 1.54) is 23.7 Å². The molecule has 1 unspecified atom stereocenters. The van der Waals surface area contributed by atoms with Crippen LogP contribution in [0.15, 0.2) is 66.7 Å². The van der Waals surface area contributed by atoms with E-state index in [9.17, 15) is 4.79 Å². The van der Waals surface area contributed by atoms with Gasteiger partial charge in [0.15, 0.2) is 0 Å². The van der Waals surface area contributed by atoms with Crippen molar-refractivity contribution in [2.45, 2.75) is 26.3 Å². The molecule has 1 heterocycles. The minimum absolute atomic E-state index is 0.0260. The normalized spacial score (nSPS) is 15.9. The summed E-state index contributed by atoms with van der Waals surface area (Å²) in [4.78, 5) is 17.9. The van der Waals surface area contributed by atoms with Crippen LogP contribution >= 0.6 is 0 Å². The van der Waals surface area contributed by atoms with Crippen molar-refractivity contribution in [2.75, 3.05) is 37.6 Å². The van der Waals surface area contributed by atoms with E-state index < -0.39 is 0 Å². The molecule has 0 spiro atoms. The van der Waals surface area contributed by atoms with Gasteiger partial charge in [0.1, 0.15) is 0 Å². The molecule has 156 valence electrons. The Hall–Kier alpha value is -2.85. The number of anilines is 1. The van der Waals surface area contributed by atoms with Crippen LogP contribution in [0.3, 0.4) is 0 Å². The Morgan fingerprint density at radius 1 is 0.967 bits per heavy atom. The summed E-state index contributed by atoms with van der Waals surface area (Å²) in [6, 6.07) is 22.5. The molecule has 0 bridgehead atoms. The molecule has 1 saturated heterocycles. The van der Waals surface area contributed by atoms with Gasteiger partial charge in [0.05, 0.1) is 6.04 Å². The van der Waals surface area contributed by atoms with E-state index in [2.05, 4.69) is 65.4 Å². The molecule has 1 N–H and O–H groups in total. The molecule has 0 aliphatic carbocycles. The lowest BCUT2D eigenvalue weighted by Gasteiger charge is -2.36. The van der Waals surface area contributed by atoms with Crippen molar-refractivity contribution < 1.29 is 4.79 Å². The molecule has 4 nitrogen and oxygen atoms in total. The molecular formula is C26H31N3O. The van der Waals surface area contributed by atoms with Crippen molar-refractivity contribution in [1.29, 1.82) is 0 Å². The van der Waals surface area contributed by atoms with Crippen molar-refractivity contribution in [3.63, 3.8) is 0 Å². The molecular weight excluding hydrogens is 370 g/mol. The zero-order chi connectivity index (χ0) is 20.9. The van der Waals surface area contributed by atoms with Gasteiger partial charge in [0.2, 0.25) is 0 Å². The molecule has 0 radical (unpaired) electrons. The third kappa shape index (κ3) is 4.49. The van der Waals surface area contributed by atoms with Crippen LogP contribution in [0.5, 0.6) is 0 Å². The first-order valence-corrected chi connectivity index (χ1v) is 11.0. The number of fused-ring (bicyclic) bond motifs is 1. The van der Waals surface area contributed by atoms with Crippen molar-refractivity contribution >= 4 is 22.4 Å². The maximum atomic E-state index is 13.0. The number of rotatable bonds is 6. The average Bonchev–Trinajstić information content (AvgIpc) is 2.79. The predicted molar refractivity (Wildman–Crippen MR) is 125 cm³/mol. The summed E-state index contributed by atoms with van der Waals surface area (Å²) in [7, 11) is 0. The van der Waals surface area contributed by atoms with Crippen molar-refractivity contribution in [3.8, 4) is 0 Å². The highest BCUT2D eigenvalue weighted by Gasteiger charge is 2.18. The summed E-state index contributed by atoms with van der Waals surface area (Å²) >= 11 is 0.